The van der Waals surface area contributed by atoms with Crippen LogP contribution in [0, 0.1) is 5.92 Å². The fraction of sp³-hybridized carbons (Fsp3) is 0.346. The van der Waals surface area contributed by atoms with Crippen LogP contribution in [-0.4, -0.2) is 55.0 Å². The van der Waals surface area contributed by atoms with Crippen molar-refractivity contribution < 1.29 is 18.7 Å². The topological polar surface area (TPSA) is 84.7 Å². The minimum atomic E-state index is -0.607. The van der Waals surface area contributed by atoms with Crippen LogP contribution in [0.5, 0.6) is 0 Å². The fourth-order valence-corrected chi connectivity index (χ4v) is 4.34. The quantitative estimate of drug-likeness (QED) is 0.529. The minimum Gasteiger partial charge on any atom is -0.464 e. The van der Waals surface area contributed by atoms with Gasteiger partial charge in [-0.2, -0.15) is 0 Å². The molecule has 2 aromatic carbocycles. The highest BCUT2D eigenvalue weighted by molar-refractivity contribution is 6.03. The number of methoxy groups -OCH3 is 1. The van der Waals surface area contributed by atoms with Crippen LogP contribution in [0.15, 0.2) is 65.4 Å². The van der Waals surface area contributed by atoms with Gasteiger partial charge in [0.1, 0.15) is 0 Å². The van der Waals surface area contributed by atoms with E-state index in [4.69, 9.17) is 9.15 Å². The zero-order valence-electron chi connectivity index (χ0n) is 18.8. The Hall–Kier alpha value is -3.45. The number of likely N-dealkylation sites (tertiary alicyclic amines) is 1. The van der Waals surface area contributed by atoms with E-state index in [9.17, 15) is 9.59 Å². The van der Waals surface area contributed by atoms with Gasteiger partial charge in [-0.15, -0.1) is 0 Å². The molecule has 1 N–H and O–H groups in total. The van der Waals surface area contributed by atoms with E-state index in [2.05, 4.69) is 45.5 Å². The van der Waals surface area contributed by atoms with Crippen LogP contribution in [0.3, 0.4) is 0 Å². The van der Waals surface area contributed by atoms with Gasteiger partial charge in [0.2, 0.25) is 0 Å². The van der Waals surface area contributed by atoms with Crippen LogP contribution in [0.25, 0.3) is 11.3 Å². The number of carbonyl (C=O) groups excluding carboxylic acids is 2. The number of hydrogen-bond donors (Lipinski definition) is 1. The Bertz CT molecular complexity index is 1070. The Morgan fingerprint density at radius 3 is 2.58 bits per heavy atom. The highest BCUT2D eigenvalue weighted by atomic mass is 16.5. The fourth-order valence-electron chi connectivity index (χ4n) is 4.34. The van der Waals surface area contributed by atoms with Crippen LogP contribution in [0.2, 0.25) is 0 Å². The number of nitrogens with one attached hydrogen (secondary N) is 1. The van der Waals surface area contributed by atoms with Crippen molar-refractivity contribution in [3.63, 3.8) is 0 Å². The second-order valence-corrected chi connectivity index (χ2v) is 8.30. The number of esters is 1. The lowest BCUT2D eigenvalue weighted by atomic mass is 9.90. The maximum atomic E-state index is 12.9. The van der Waals surface area contributed by atoms with Crippen molar-refractivity contribution in [1.29, 1.82) is 0 Å². The van der Waals surface area contributed by atoms with E-state index >= 15 is 0 Å². The normalized spacial score (nSPS) is 14.7. The average Bonchev–Trinajstić information content (AvgIpc) is 3.35. The Kier molecular flexibility index (Phi) is 7.52. The molecule has 0 unspecified atom stereocenters. The molecule has 1 saturated heterocycles. The predicted molar refractivity (Wildman–Crippen MR) is 125 cm³/mol. The van der Waals surface area contributed by atoms with Crippen molar-refractivity contribution in [1.82, 2.24) is 15.2 Å². The maximum absolute atomic E-state index is 12.9. The summed E-state index contributed by atoms with van der Waals surface area (Å²) in [6, 6.07) is 17.7. The number of benzene rings is 2. The molecule has 1 aliphatic heterocycles. The molecule has 1 fully saturated rings. The molecular formula is C26H29N3O4. The molecule has 33 heavy (non-hydrogen) atoms. The largest absolute Gasteiger partial charge is 0.464 e. The minimum absolute atomic E-state index is 0.0520. The monoisotopic (exact) mass is 447 g/mol. The SMILES string of the molecule is COC(=O)c1ncoc1-c1ccccc1C(=O)NCCN1CCC(Cc2ccccc2)CC1. The lowest BCUT2D eigenvalue weighted by molar-refractivity contribution is 0.0595. The van der Waals surface area contributed by atoms with Crippen molar-refractivity contribution >= 4 is 11.9 Å². The van der Waals surface area contributed by atoms with E-state index in [0.717, 1.165) is 32.0 Å². The number of piperidine rings is 1. The summed E-state index contributed by atoms with van der Waals surface area (Å²) < 4.78 is 10.2. The number of aromatic nitrogens is 1. The van der Waals surface area contributed by atoms with E-state index in [1.54, 1.807) is 24.3 Å². The third-order valence-electron chi connectivity index (χ3n) is 6.15. The van der Waals surface area contributed by atoms with Crippen molar-refractivity contribution in [3.8, 4) is 11.3 Å². The molecule has 7 nitrogen and oxygen atoms in total. The number of carbonyl (C=O) groups is 2. The van der Waals surface area contributed by atoms with Crippen LogP contribution in [0.1, 0.15) is 39.3 Å². The van der Waals surface area contributed by atoms with Crippen LogP contribution < -0.4 is 5.32 Å². The third kappa shape index (κ3) is 5.68. The summed E-state index contributed by atoms with van der Waals surface area (Å²) in [6.07, 6.45) is 4.66. The van der Waals surface area contributed by atoms with Gasteiger partial charge < -0.3 is 19.4 Å². The molecule has 2 heterocycles. The maximum Gasteiger partial charge on any atom is 0.360 e. The van der Waals surface area contributed by atoms with Gasteiger partial charge in [-0.05, 0) is 49.9 Å². The molecule has 1 amide bonds. The van der Waals surface area contributed by atoms with Gasteiger partial charge in [0.25, 0.3) is 5.91 Å². The molecule has 0 aliphatic carbocycles. The van der Waals surface area contributed by atoms with Gasteiger partial charge in [0, 0.05) is 18.7 Å². The average molecular weight is 448 g/mol. The Balaban J connectivity index is 1.29. The van der Waals surface area contributed by atoms with Crippen molar-refractivity contribution in [2.45, 2.75) is 19.3 Å². The van der Waals surface area contributed by atoms with Crippen molar-refractivity contribution in [2.75, 3.05) is 33.3 Å². The van der Waals surface area contributed by atoms with Crippen LogP contribution in [-0.2, 0) is 11.2 Å². The molecule has 1 aromatic heterocycles. The van der Waals surface area contributed by atoms with Gasteiger partial charge in [0.05, 0.1) is 12.7 Å². The van der Waals surface area contributed by atoms with Gasteiger partial charge in [-0.1, -0.05) is 48.5 Å². The van der Waals surface area contributed by atoms with E-state index in [0.29, 0.717) is 17.7 Å². The molecule has 0 spiro atoms. The summed E-state index contributed by atoms with van der Waals surface area (Å²) >= 11 is 0. The molecule has 3 aromatic rings. The standard InChI is InChI=1S/C26H29N3O4/c1-32-26(31)23-24(33-18-28-23)21-9-5-6-10-22(21)25(30)27-13-16-29-14-11-20(12-15-29)17-19-7-3-2-4-8-19/h2-10,18,20H,11-17H2,1H3,(H,27,30). The predicted octanol–water partition coefficient (Wildman–Crippen LogP) is 3.81. The molecule has 172 valence electrons. The number of hydrogen-bond acceptors (Lipinski definition) is 6. The van der Waals surface area contributed by atoms with Gasteiger partial charge in [0.15, 0.2) is 17.8 Å². The van der Waals surface area contributed by atoms with Gasteiger partial charge in [-0.25, -0.2) is 9.78 Å². The third-order valence-corrected chi connectivity index (χ3v) is 6.15. The summed E-state index contributed by atoms with van der Waals surface area (Å²) in [5.41, 5.74) is 2.40. The first-order valence-electron chi connectivity index (χ1n) is 11.3. The zero-order valence-corrected chi connectivity index (χ0v) is 18.8. The summed E-state index contributed by atoms with van der Waals surface area (Å²) in [4.78, 5) is 31.2. The first-order valence-corrected chi connectivity index (χ1v) is 11.3. The number of nitrogens with zero attached hydrogens (tertiary/aromatic N) is 2. The number of rotatable bonds is 8. The molecule has 0 radical (unpaired) electrons. The summed E-state index contributed by atoms with van der Waals surface area (Å²) in [6.45, 7) is 3.45. The Labute approximate surface area is 193 Å². The van der Waals surface area contributed by atoms with Crippen molar-refractivity contribution in [2.24, 2.45) is 5.92 Å². The summed E-state index contributed by atoms with van der Waals surface area (Å²) in [5, 5.41) is 3.00. The molecule has 7 heteroatoms. The van der Waals surface area contributed by atoms with E-state index < -0.39 is 5.97 Å². The number of amides is 1. The van der Waals surface area contributed by atoms with Crippen LogP contribution >= 0.6 is 0 Å². The molecule has 4 rings (SSSR count). The highest BCUT2D eigenvalue weighted by Gasteiger charge is 2.23. The smallest absolute Gasteiger partial charge is 0.360 e. The molecule has 0 saturated carbocycles. The molecular weight excluding hydrogens is 418 g/mol. The second kappa shape index (κ2) is 10.9. The molecule has 0 bridgehead atoms. The number of ether oxygens (including phenoxy) is 1. The second-order valence-electron chi connectivity index (χ2n) is 8.30. The van der Waals surface area contributed by atoms with Gasteiger partial charge in [-0.3, -0.25) is 4.79 Å². The Morgan fingerprint density at radius 2 is 1.82 bits per heavy atom. The van der Waals surface area contributed by atoms with E-state index in [1.165, 1.54) is 31.9 Å². The van der Waals surface area contributed by atoms with Crippen LogP contribution in [0.4, 0.5) is 0 Å². The molecule has 1 aliphatic rings. The first-order chi connectivity index (χ1) is 16.2. The lowest BCUT2D eigenvalue weighted by Gasteiger charge is -2.32. The van der Waals surface area contributed by atoms with E-state index in [1.807, 2.05) is 0 Å². The highest BCUT2D eigenvalue weighted by Crippen LogP contribution is 2.27. The van der Waals surface area contributed by atoms with Crippen molar-refractivity contribution in [3.05, 3.63) is 77.8 Å². The number of oxazole rings is 1. The lowest BCUT2D eigenvalue weighted by Crippen LogP contribution is -2.40. The Morgan fingerprint density at radius 1 is 1.09 bits per heavy atom. The zero-order chi connectivity index (χ0) is 23.0. The summed E-state index contributed by atoms with van der Waals surface area (Å²) in [5.74, 6) is 0.130. The van der Waals surface area contributed by atoms with Gasteiger partial charge >= 0.3 is 5.97 Å². The van der Waals surface area contributed by atoms with E-state index in [-0.39, 0.29) is 17.4 Å². The first kappa shape index (κ1) is 22.7. The molecule has 0 atom stereocenters. The summed E-state index contributed by atoms with van der Waals surface area (Å²) in [7, 11) is 1.28.